The molecule has 0 heterocycles. The van der Waals surface area contributed by atoms with Crippen molar-refractivity contribution in [1.82, 2.24) is 0 Å². The monoisotopic (exact) mass is 406 g/mol. The van der Waals surface area contributed by atoms with Crippen LogP contribution in [0.5, 0.6) is 11.5 Å². The summed E-state index contributed by atoms with van der Waals surface area (Å²) in [4.78, 5) is 24.5. The average Bonchev–Trinajstić information content (AvgIpc) is 2.71. The highest BCUT2D eigenvalue weighted by atomic mass is 19.1. The van der Waals surface area contributed by atoms with E-state index in [2.05, 4.69) is 10.6 Å². The van der Waals surface area contributed by atoms with Crippen LogP contribution in [0, 0.1) is 11.2 Å². The van der Waals surface area contributed by atoms with E-state index in [1.807, 2.05) is 6.07 Å². The van der Waals surface area contributed by atoms with Gasteiger partial charge in [-0.05, 0) is 48.5 Å². The number of amides is 2. The summed E-state index contributed by atoms with van der Waals surface area (Å²) >= 11 is 0. The van der Waals surface area contributed by atoms with Gasteiger partial charge in [0.2, 0.25) is 5.91 Å². The average molecular weight is 406 g/mol. The highest BCUT2D eigenvalue weighted by Gasteiger charge is 2.24. The number of carbonyl (C=O) groups is 2. The maximum Gasteiger partial charge on any atom is 0.255 e. The Hall–Kier alpha value is -3.67. The quantitative estimate of drug-likeness (QED) is 0.558. The van der Waals surface area contributed by atoms with Crippen LogP contribution in [0.4, 0.5) is 15.8 Å². The van der Waals surface area contributed by atoms with Crippen molar-refractivity contribution < 1.29 is 18.7 Å². The number of benzene rings is 3. The molecule has 0 aromatic heterocycles. The molecule has 0 unspecified atom stereocenters. The minimum atomic E-state index is -0.682. The van der Waals surface area contributed by atoms with Gasteiger partial charge in [-0.1, -0.05) is 45.0 Å². The molecule has 5 nitrogen and oxygen atoms in total. The predicted molar refractivity (Wildman–Crippen MR) is 115 cm³/mol. The SMILES string of the molecule is CC(C)(C)C(=O)Nc1c(F)cccc1Oc1ccc(NC(=O)c2ccccc2)cc1. The fourth-order valence-electron chi connectivity index (χ4n) is 2.54. The zero-order chi connectivity index (χ0) is 21.7. The Bertz CT molecular complexity index is 1040. The third-order valence-corrected chi connectivity index (χ3v) is 4.27. The van der Waals surface area contributed by atoms with E-state index in [-0.39, 0.29) is 23.3 Å². The Morgan fingerprint density at radius 3 is 2.13 bits per heavy atom. The zero-order valence-corrected chi connectivity index (χ0v) is 17.0. The van der Waals surface area contributed by atoms with Crippen LogP contribution in [-0.2, 0) is 4.79 Å². The Kier molecular flexibility index (Phi) is 6.16. The minimum Gasteiger partial charge on any atom is -0.455 e. The second kappa shape index (κ2) is 8.78. The third-order valence-electron chi connectivity index (χ3n) is 4.27. The van der Waals surface area contributed by atoms with Crippen LogP contribution < -0.4 is 15.4 Å². The van der Waals surface area contributed by atoms with Gasteiger partial charge >= 0.3 is 0 Å². The second-order valence-electron chi connectivity index (χ2n) is 7.76. The van der Waals surface area contributed by atoms with Gasteiger partial charge in [0.05, 0.1) is 0 Å². The molecule has 0 spiro atoms. The lowest BCUT2D eigenvalue weighted by molar-refractivity contribution is -0.123. The number of nitrogens with one attached hydrogen (secondary N) is 2. The number of ether oxygens (including phenoxy) is 1. The number of para-hydroxylation sites is 1. The normalized spacial score (nSPS) is 10.9. The minimum absolute atomic E-state index is 0.0149. The topological polar surface area (TPSA) is 67.4 Å². The summed E-state index contributed by atoms with van der Waals surface area (Å²) in [6.45, 7) is 5.23. The molecular formula is C24H23FN2O3. The smallest absolute Gasteiger partial charge is 0.255 e. The maximum absolute atomic E-state index is 14.3. The van der Waals surface area contributed by atoms with Crippen molar-refractivity contribution in [3.63, 3.8) is 0 Å². The van der Waals surface area contributed by atoms with Gasteiger partial charge < -0.3 is 15.4 Å². The van der Waals surface area contributed by atoms with Gasteiger partial charge in [0.25, 0.3) is 5.91 Å². The van der Waals surface area contributed by atoms with Crippen molar-refractivity contribution in [3.05, 3.63) is 84.2 Å². The summed E-state index contributed by atoms with van der Waals surface area (Å²) in [6.07, 6.45) is 0. The maximum atomic E-state index is 14.3. The summed E-state index contributed by atoms with van der Waals surface area (Å²) < 4.78 is 20.1. The van der Waals surface area contributed by atoms with E-state index < -0.39 is 11.2 Å². The van der Waals surface area contributed by atoms with Crippen LogP contribution >= 0.6 is 0 Å². The van der Waals surface area contributed by atoms with Crippen LogP contribution in [-0.4, -0.2) is 11.8 Å². The number of anilines is 2. The van der Waals surface area contributed by atoms with Crippen LogP contribution in [0.2, 0.25) is 0 Å². The van der Waals surface area contributed by atoms with Gasteiger partial charge in [-0.2, -0.15) is 0 Å². The number of hydrogen-bond donors (Lipinski definition) is 2. The molecule has 0 saturated heterocycles. The van der Waals surface area contributed by atoms with Crippen molar-refractivity contribution >= 4 is 23.2 Å². The lowest BCUT2D eigenvalue weighted by atomic mass is 9.95. The van der Waals surface area contributed by atoms with Crippen molar-refractivity contribution in [2.24, 2.45) is 5.41 Å². The number of halogens is 1. The first-order chi connectivity index (χ1) is 14.2. The first-order valence-electron chi connectivity index (χ1n) is 9.48. The molecule has 0 aliphatic carbocycles. The van der Waals surface area contributed by atoms with Crippen molar-refractivity contribution in [2.75, 3.05) is 10.6 Å². The molecule has 0 atom stereocenters. The van der Waals surface area contributed by atoms with Crippen molar-refractivity contribution in [1.29, 1.82) is 0 Å². The van der Waals surface area contributed by atoms with E-state index in [4.69, 9.17) is 4.74 Å². The number of rotatable bonds is 5. The molecular weight excluding hydrogens is 383 g/mol. The summed E-state index contributed by atoms with van der Waals surface area (Å²) in [5.41, 5.74) is 0.449. The molecule has 0 aliphatic rings. The molecule has 3 aromatic rings. The van der Waals surface area contributed by atoms with Crippen LogP contribution in [0.3, 0.4) is 0 Å². The van der Waals surface area contributed by atoms with Crippen LogP contribution in [0.15, 0.2) is 72.8 Å². The Morgan fingerprint density at radius 1 is 0.833 bits per heavy atom. The molecule has 0 aliphatic heterocycles. The first kappa shape index (κ1) is 21.0. The highest BCUT2D eigenvalue weighted by molar-refractivity contribution is 6.04. The lowest BCUT2D eigenvalue weighted by Gasteiger charge is -2.19. The van der Waals surface area contributed by atoms with E-state index in [9.17, 15) is 14.0 Å². The van der Waals surface area contributed by atoms with Gasteiger partial charge in [0, 0.05) is 16.7 Å². The third kappa shape index (κ3) is 5.23. The van der Waals surface area contributed by atoms with E-state index in [0.29, 0.717) is 17.0 Å². The molecule has 0 saturated carbocycles. The number of hydrogen-bond acceptors (Lipinski definition) is 3. The molecule has 3 rings (SSSR count). The summed E-state index contributed by atoms with van der Waals surface area (Å²) in [6, 6.07) is 19.9. The Balaban J connectivity index is 1.73. The van der Waals surface area contributed by atoms with Crippen LogP contribution in [0.25, 0.3) is 0 Å². The fourth-order valence-corrected chi connectivity index (χ4v) is 2.54. The van der Waals surface area contributed by atoms with Gasteiger partial charge in [0.15, 0.2) is 11.6 Å². The van der Waals surface area contributed by atoms with Gasteiger partial charge in [-0.15, -0.1) is 0 Å². The summed E-state index contributed by atoms with van der Waals surface area (Å²) in [7, 11) is 0. The van der Waals surface area contributed by atoms with Gasteiger partial charge in [-0.3, -0.25) is 9.59 Å². The summed E-state index contributed by atoms with van der Waals surface area (Å²) in [5.74, 6) is -0.506. The van der Waals surface area contributed by atoms with Gasteiger partial charge in [-0.25, -0.2) is 4.39 Å². The molecule has 2 N–H and O–H groups in total. The van der Waals surface area contributed by atoms with Crippen molar-refractivity contribution in [3.8, 4) is 11.5 Å². The van der Waals surface area contributed by atoms with E-state index in [1.54, 1.807) is 75.4 Å². The second-order valence-corrected chi connectivity index (χ2v) is 7.76. The molecule has 0 radical (unpaired) electrons. The largest absolute Gasteiger partial charge is 0.455 e. The molecule has 154 valence electrons. The Morgan fingerprint density at radius 2 is 1.50 bits per heavy atom. The zero-order valence-electron chi connectivity index (χ0n) is 17.0. The first-order valence-corrected chi connectivity index (χ1v) is 9.48. The van der Waals surface area contributed by atoms with Crippen molar-refractivity contribution in [2.45, 2.75) is 20.8 Å². The van der Waals surface area contributed by atoms with E-state index in [1.165, 1.54) is 12.1 Å². The molecule has 0 bridgehead atoms. The predicted octanol–water partition coefficient (Wildman–Crippen LogP) is 5.85. The molecule has 6 heteroatoms. The molecule has 0 fully saturated rings. The lowest BCUT2D eigenvalue weighted by Crippen LogP contribution is -2.28. The molecule has 2 amide bonds. The van der Waals surface area contributed by atoms with Crippen LogP contribution in [0.1, 0.15) is 31.1 Å². The number of carbonyl (C=O) groups excluding carboxylic acids is 2. The van der Waals surface area contributed by atoms with Gasteiger partial charge in [0.1, 0.15) is 11.4 Å². The summed E-state index contributed by atoms with van der Waals surface area (Å²) in [5, 5.41) is 5.40. The standard InChI is InChI=1S/C24H23FN2O3/c1-24(2,3)23(29)27-21-19(25)10-7-11-20(21)30-18-14-12-17(13-15-18)26-22(28)16-8-5-4-6-9-16/h4-15H,1-3H3,(H,26,28)(H,27,29). The molecule has 30 heavy (non-hydrogen) atoms. The molecule has 3 aromatic carbocycles. The Labute approximate surface area is 174 Å². The fraction of sp³-hybridized carbons (Fsp3) is 0.167. The van der Waals surface area contributed by atoms with E-state index >= 15 is 0 Å². The van der Waals surface area contributed by atoms with E-state index in [0.717, 1.165) is 0 Å². The highest BCUT2D eigenvalue weighted by Crippen LogP contribution is 2.33.